The van der Waals surface area contributed by atoms with Gasteiger partial charge in [-0.3, -0.25) is 14.9 Å². The Morgan fingerprint density at radius 2 is 1.83 bits per heavy atom. The van der Waals surface area contributed by atoms with Crippen molar-refractivity contribution in [3.63, 3.8) is 0 Å². The normalized spacial score (nSPS) is 14.2. The average Bonchev–Trinajstić information content (AvgIpc) is 3.16. The number of hydrogen-bond acceptors (Lipinski definition) is 7. The van der Waals surface area contributed by atoms with Crippen molar-refractivity contribution in [2.75, 3.05) is 37.7 Å². The molecule has 0 N–H and O–H groups in total. The van der Waals surface area contributed by atoms with E-state index >= 15 is 0 Å². The molecular formula is C19H18BrN3O6. The highest BCUT2D eigenvalue weighted by atomic mass is 79.9. The molecule has 3 rings (SSSR count). The number of nitro benzene ring substituents is 1. The van der Waals surface area contributed by atoms with E-state index in [-0.39, 0.29) is 18.2 Å². The lowest BCUT2D eigenvalue weighted by molar-refractivity contribution is -0.384. The van der Waals surface area contributed by atoms with Gasteiger partial charge in [-0.25, -0.2) is 4.79 Å². The average molecular weight is 464 g/mol. The Morgan fingerprint density at radius 3 is 2.41 bits per heavy atom. The van der Waals surface area contributed by atoms with Crippen molar-refractivity contribution in [1.29, 1.82) is 0 Å². The van der Waals surface area contributed by atoms with Gasteiger partial charge in [-0.2, -0.15) is 0 Å². The lowest BCUT2D eigenvalue weighted by Gasteiger charge is -2.36. The van der Waals surface area contributed by atoms with E-state index in [1.807, 2.05) is 4.90 Å². The van der Waals surface area contributed by atoms with E-state index < -0.39 is 10.9 Å². The number of carbonyl (C=O) groups excluding carboxylic acids is 2. The highest BCUT2D eigenvalue weighted by Crippen LogP contribution is 2.20. The summed E-state index contributed by atoms with van der Waals surface area (Å²) in [6, 6.07) is 9.69. The molecule has 1 fully saturated rings. The highest BCUT2D eigenvalue weighted by Gasteiger charge is 2.22. The number of esters is 1. The van der Waals surface area contributed by atoms with Gasteiger partial charge >= 0.3 is 5.97 Å². The summed E-state index contributed by atoms with van der Waals surface area (Å²) in [6.07, 6.45) is 2.66. The summed E-state index contributed by atoms with van der Waals surface area (Å²) in [4.78, 5) is 37.9. The number of rotatable bonds is 6. The monoisotopic (exact) mass is 463 g/mol. The standard InChI is InChI=1S/C19H18BrN3O6/c20-17-7-5-16(29-17)6-8-19(25)28-13-18(24)22-11-9-21(10-12-22)14-1-3-15(4-2-14)23(26)27/h1-8H,9-13H2/b8-6+. The van der Waals surface area contributed by atoms with Crippen molar-refractivity contribution < 1.29 is 23.7 Å². The molecular weight excluding hydrogens is 446 g/mol. The number of nitrogens with zero attached hydrogens (tertiary/aromatic N) is 3. The van der Waals surface area contributed by atoms with Gasteiger partial charge in [-0.1, -0.05) is 0 Å². The number of anilines is 1. The quantitative estimate of drug-likeness (QED) is 0.280. The number of halogens is 1. The Hall–Kier alpha value is -3.14. The van der Waals surface area contributed by atoms with Crippen LogP contribution in [0.2, 0.25) is 0 Å². The summed E-state index contributed by atoms with van der Waals surface area (Å²) in [5, 5.41) is 10.7. The van der Waals surface area contributed by atoms with E-state index in [4.69, 9.17) is 9.15 Å². The smallest absolute Gasteiger partial charge is 0.331 e. The number of ether oxygens (including phenoxy) is 1. The first-order chi connectivity index (χ1) is 13.9. The molecule has 0 radical (unpaired) electrons. The molecule has 0 aliphatic carbocycles. The van der Waals surface area contributed by atoms with Gasteiger partial charge in [0.1, 0.15) is 5.76 Å². The number of furan rings is 1. The number of nitro groups is 1. The first-order valence-electron chi connectivity index (χ1n) is 8.80. The fourth-order valence-corrected chi connectivity index (χ4v) is 3.16. The first kappa shape index (κ1) is 20.6. The molecule has 10 heteroatoms. The molecule has 0 atom stereocenters. The van der Waals surface area contributed by atoms with Crippen LogP contribution in [-0.2, 0) is 14.3 Å². The van der Waals surface area contributed by atoms with E-state index in [0.717, 1.165) is 5.69 Å². The van der Waals surface area contributed by atoms with Crippen molar-refractivity contribution in [3.8, 4) is 0 Å². The van der Waals surface area contributed by atoms with Crippen molar-refractivity contribution in [2.45, 2.75) is 0 Å². The molecule has 152 valence electrons. The topological polar surface area (TPSA) is 106 Å². The van der Waals surface area contributed by atoms with Crippen LogP contribution < -0.4 is 4.90 Å². The fourth-order valence-electron chi connectivity index (χ4n) is 2.84. The lowest BCUT2D eigenvalue weighted by atomic mass is 10.2. The molecule has 1 amide bonds. The van der Waals surface area contributed by atoms with E-state index in [2.05, 4.69) is 15.9 Å². The van der Waals surface area contributed by atoms with Gasteiger partial charge in [-0.05, 0) is 46.3 Å². The van der Waals surface area contributed by atoms with Crippen LogP contribution in [0.15, 0.2) is 51.6 Å². The molecule has 1 aliphatic rings. The Labute approximate surface area is 174 Å². The molecule has 0 unspecified atom stereocenters. The predicted octanol–water partition coefficient (Wildman–Crippen LogP) is 2.86. The number of non-ortho nitro benzene ring substituents is 1. The van der Waals surface area contributed by atoms with Crippen LogP contribution in [0.5, 0.6) is 0 Å². The van der Waals surface area contributed by atoms with Gasteiger partial charge in [0.05, 0.1) is 4.92 Å². The summed E-state index contributed by atoms with van der Waals surface area (Å²) in [7, 11) is 0. The molecule has 9 nitrogen and oxygen atoms in total. The third kappa shape index (κ3) is 5.67. The molecule has 2 aromatic rings. The predicted molar refractivity (Wildman–Crippen MR) is 108 cm³/mol. The second kappa shape index (κ2) is 9.37. The minimum Gasteiger partial charge on any atom is -0.452 e. The molecule has 1 aromatic carbocycles. The third-order valence-corrected chi connectivity index (χ3v) is 4.80. The van der Waals surface area contributed by atoms with Crippen LogP contribution in [0.1, 0.15) is 5.76 Å². The maximum absolute atomic E-state index is 12.2. The van der Waals surface area contributed by atoms with E-state index in [9.17, 15) is 19.7 Å². The number of benzene rings is 1. The molecule has 29 heavy (non-hydrogen) atoms. The van der Waals surface area contributed by atoms with Gasteiger partial charge in [-0.15, -0.1) is 0 Å². The number of carbonyl (C=O) groups is 2. The summed E-state index contributed by atoms with van der Waals surface area (Å²) < 4.78 is 10.8. The SMILES string of the molecule is O=C(/C=C/c1ccc(Br)o1)OCC(=O)N1CCN(c2ccc([N+](=O)[O-])cc2)CC1. The summed E-state index contributed by atoms with van der Waals surface area (Å²) >= 11 is 3.16. The largest absolute Gasteiger partial charge is 0.452 e. The Morgan fingerprint density at radius 1 is 1.14 bits per heavy atom. The number of hydrogen-bond donors (Lipinski definition) is 0. The van der Waals surface area contributed by atoms with E-state index in [1.165, 1.54) is 24.3 Å². The Bertz CT molecular complexity index is 916. The second-order valence-electron chi connectivity index (χ2n) is 6.22. The van der Waals surface area contributed by atoms with Gasteiger partial charge in [0.2, 0.25) is 0 Å². The minimum atomic E-state index is -0.629. The Kier molecular flexibility index (Phi) is 6.65. The van der Waals surface area contributed by atoms with Gasteiger partial charge in [0.15, 0.2) is 11.3 Å². The van der Waals surface area contributed by atoms with Crippen LogP contribution in [0.4, 0.5) is 11.4 Å². The molecule has 2 heterocycles. The zero-order valence-corrected chi connectivity index (χ0v) is 16.9. The zero-order chi connectivity index (χ0) is 20.8. The van der Waals surface area contributed by atoms with Crippen LogP contribution in [0, 0.1) is 10.1 Å². The van der Waals surface area contributed by atoms with Crippen LogP contribution in [-0.4, -0.2) is 54.5 Å². The summed E-state index contributed by atoms with van der Waals surface area (Å²) in [5.41, 5.74) is 0.905. The lowest BCUT2D eigenvalue weighted by Crippen LogP contribution is -2.49. The van der Waals surface area contributed by atoms with Crippen molar-refractivity contribution in [1.82, 2.24) is 4.90 Å². The molecule has 1 saturated heterocycles. The molecule has 0 spiro atoms. The van der Waals surface area contributed by atoms with E-state index in [0.29, 0.717) is 36.6 Å². The molecule has 0 bridgehead atoms. The number of piperazine rings is 1. The third-order valence-electron chi connectivity index (χ3n) is 4.37. The van der Waals surface area contributed by atoms with Gasteiger partial charge < -0.3 is 19.0 Å². The maximum atomic E-state index is 12.2. The fraction of sp³-hybridized carbons (Fsp3) is 0.263. The summed E-state index contributed by atoms with van der Waals surface area (Å²) in [5.74, 6) is -0.409. The molecule has 1 aromatic heterocycles. The van der Waals surface area contributed by atoms with E-state index in [1.54, 1.807) is 29.2 Å². The van der Waals surface area contributed by atoms with Crippen molar-refractivity contribution in [3.05, 3.63) is 63.0 Å². The minimum absolute atomic E-state index is 0.0399. The van der Waals surface area contributed by atoms with Crippen LogP contribution >= 0.6 is 15.9 Å². The zero-order valence-electron chi connectivity index (χ0n) is 15.3. The van der Waals surface area contributed by atoms with Crippen LogP contribution in [0.25, 0.3) is 6.08 Å². The highest BCUT2D eigenvalue weighted by molar-refractivity contribution is 9.10. The maximum Gasteiger partial charge on any atom is 0.331 e. The van der Waals surface area contributed by atoms with Crippen molar-refractivity contribution in [2.24, 2.45) is 0 Å². The Balaban J connectivity index is 1.43. The molecule has 1 aliphatic heterocycles. The van der Waals surface area contributed by atoms with Crippen LogP contribution in [0.3, 0.4) is 0 Å². The first-order valence-corrected chi connectivity index (χ1v) is 9.59. The van der Waals surface area contributed by atoms with Gasteiger partial charge in [0, 0.05) is 50.1 Å². The summed E-state index contributed by atoms with van der Waals surface area (Å²) in [6.45, 7) is 1.80. The van der Waals surface area contributed by atoms with Crippen molar-refractivity contribution >= 4 is 45.3 Å². The molecule has 0 saturated carbocycles. The second-order valence-corrected chi connectivity index (χ2v) is 7.01. The number of amides is 1. The van der Waals surface area contributed by atoms with Gasteiger partial charge in [0.25, 0.3) is 11.6 Å².